The fourth-order valence-corrected chi connectivity index (χ4v) is 2.93. The second-order valence-electron chi connectivity index (χ2n) is 5.08. The molecule has 1 aliphatic carbocycles. The van der Waals surface area contributed by atoms with E-state index in [-0.39, 0.29) is 0 Å². The first-order chi connectivity index (χ1) is 8.16. The molecule has 1 heterocycles. The zero-order valence-electron chi connectivity index (χ0n) is 9.88. The number of nitrogens with one attached hydrogen (secondary N) is 1. The lowest BCUT2D eigenvalue weighted by Gasteiger charge is -2.39. The van der Waals surface area contributed by atoms with Gasteiger partial charge in [0.05, 0.1) is 4.47 Å². The molecule has 1 fully saturated rings. The highest BCUT2D eigenvalue weighted by molar-refractivity contribution is 9.10. The van der Waals surface area contributed by atoms with Crippen LogP contribution >= 0.6 is 15.9 Å². The minimum Gasteiger partial charge on any atom is -0.454 e. The van der Waals surface area contributed by atoms with Gasteiger partial charge < -0.3 is 14.8 Å². The molecule has 4 heteroatoms. The van der Waals surface area contributed by atoms with Crippen molar-refractivity contribution in [2.24, 2.45) is 0 Å². The number of hydrogen-bond acceptors (Lipinski definition) is 3. The van der Waals surface area contributed by atoms with Crippen LogP contribution in [0.1, 0.15) is 31.7 Å². The highest BCUT2D eigenvalue weighted by Gasteiger charge is 2.30. The van der Waals surface area contributed by atoms with E-state index in [1.165, 1.54) is 24.8 Å². The Morgan fingerprint density at radius 2 is 2.18 bits per heavy atom. The smallest absolute Gasteiger partial charge is 0.231 e. The van der Waals surface area contributed by atoms with Gasteiger partial charge >= 0.3 is 0 Å². The van der Waals surface area contributed by atoms with Crippen molar-refractivity contribution < 1.29 is 9.47 Å². The van der Waals surface area contributed by atoms with Gasteiger partial charge in [-0.25, -0.2) is 0 Å². The average molecular weight is 298 g/mol. The predicted octanol–water partition coefficient (Wildman–Crippen LogP) is 3.21. The largest absolute Gasteiger partial charge is 0.454 e. The van der Waals surface area contributed by atoms with E-state index >= 15 is 0 Å². The Hall–Kier alpha value is -0.740. The molecule has 0 spiro atoms. The molecule has 1 aromatic carbocycles. The molecule has 1 N–H and O–H groups in total. The number of ether oxygens (including phenoxy) is 2. The molecule has 1 aliphatic heterocycles. The van der Waals surface area contributed by atoms with Crippen LogP contribution < -0.4 is 14.8 Å². The summed E-state index contributed by atoms with van der Waals surface area (Å²) in [6.45, 7) is 3.49. The monoisotopic (exact) mass is 297 g/mol. The van der Waals surface area contributed by atoms with Crippen LogP contribution in [-0.2, 0) is 6.54 Å². The van der Waals surface area contributed by atoms with Gasteiger partial charge in [-0.2, -0.15) is 0 Å². The fraction of sp³-hybridized carbons (Fsp3) is 0.538. The van der Waals surface area contributed by atoms with Gasteiger partial charge in [0.1, 0.15) is 0 Å². The topological polar surface area (TPSA) is 30.5 Å². The van der Waals surface area contributed by atoms with Crippen molar-refractivity contribution in [1.29, 1.82) is 0 Å². The van der Waals surface area contributed by atoms with Crippen LogP contribution in [0.15, 0.2) is 16.6 Å². The molecule has 1 aromatic rings. The molecule has 0 unspecified atom stereocenters. The van der Waals surface area contributed by atoms with E-state index in [1.54, 1.807) is 0 Å². The van der Waals surface area contributed by atoms with Gasteiger partial charge in [-0.15, -0.1) is 0 Å². The maximum atomic E-state index is 5.41. The van der Waals surface area contributed by atoms with Crippen LogP contribution in [0.3, 0.4) is 0 Å². The van der Waals surface area contributed by atoms with Gasteiger partial charge in [-0.3, -0.25) is 0 Å². The maximum absolute atomic E-state index is 5.41. The zero-order chi connectivity index (χ0) is 11.9. The lowest BCUT2D eigenvalue weighted by atomic mass is 9.78. The normalized spacial score (nSPS) is 20.1. The third-order valence-electron chi connectivity index (χ3n) is 3.66. The molecular weight excluding hydrogens is 282 g/mol. The van der Waals surface area contributed by atoms with E-state index in [0.29, 0.717) is 12.3 Å². The van der Waals surface area contributed by atoms with E-state index in [0.717, 1.165) is 22.5 Å². The number of halogens is 1. The van der Waals surface area contributed by atoms with Gasteiger partial charge in [0.15, 0.2) is 11.5 Å². The van der Waals surface area contributed by atoms with Crippen molar-refractivity contribution in [3.05, 3.63) is 22.2 Å². The Labute approximate surface area is 110 Å². The lowest BCUT2D eigenvalue weighted by molar-refractivity contribution is 0.173. The van der Waals surface area contributed by atoms with Crippen molar-refractivity contribution in [1.82, 2.24) is 5.32 Å². The molecule has 1 saturated carbocycles. The first-order valence-corrected chi connectivity index (χ1v) is 6.79. The maximum Gasteiger partial charge on any atom is 0.231 e. The van der Waals surface area contributed by atoms with Crippen molar-refractivity contribution in [3.8, 4) is 11.5 Å². The van der Waals surface area contributed by atoms with Crippen molar-refractivity contribution in [2.45, 2.75) is 38.3 Å². The van der Waals surface area contributed by atoms with Gasteiger partial charge in [-0.1, -0.05) is 0 Å². The Morgan fingerprint density at radius 3 is 2.88 bits per heavy atom. The first kappa shape index (κ1) is 11.4. The molecule has 3 nitrogen and oxygen atoms in total. The van der Waals surface area contributed by atoms with E-state index < -0.39 is 0 Å². The Balaban J connectivity index is 1.73. The van der Waals surface area contributed by atoms with Crippen LogP contribution in [0.5, 0.6) is 11.5 Å². The van der Waals surface area contributed by atoms with Crippen molar-refractivity contribution >= 4 is 15.9 Å². The Bertz CT molecular complexity index is 443. The molecule has 92 valence electrons. The molecule has 0 saturated heterocycles. The quantitative estimate of drug-likeness (QED) is 0.929. The molecule has 3 rings (SSSR count). The minimum absolute atomic E-state index is 0.322. The van der Waals surface area contributed by atoms with Gasteiger partial charge in [-0.05, 0) is 59.8 Å². The predicted molar refractivity (Wildman–Crippen MR) is 69.4 cm³/mol. The van der Waals surface area contributed by atoms with Gasteiger partial charge in [0, 0.05) is 12.1 Å². The standard InChI is InChI=1S/C13H16BrNO2/c1-13(3-2-4-13)15-7-9-5-10(14)12-11(6-9)16-8-17-12/h5-6,15H,2-4,7-8H2,1H3. The van der Waals surface area contributed by atoms with Gasteiger partial charge in [0.2, 0.25) is 6.79 Å². The summed E-state index contributed by atoms with van der Waals surface area (Å²) in [4.78, 5) is 0. The van der Waals surface area contributed by atoms with Crippen LogP contribution in [0.2, 0.25) is 0 Å². The summed E-state index contributed by atoms with van der Waals surface area (Å²) in [6, 6.07) is 4.16. The van der Waals surface area contributed by atoms with Crippen molar-refractivity contribution in [2.75, 3.05) is 6.79 Å². The van der Waals surface area contributed by atoms with Crippen LogP contribution in [0, 0.1) is 0 Å². The summed E-state index contributed by atoms with van der Waals surface area (Å²) >= 11 is 3.52. The van der Waals surface area contributed by atoms with E-state index in [2.05, 4.69) is 40.3 Å². The SMILES string of the molecule is CC1(NCc2cc(Br)c3c(c2)OCO3)CCC1. The van der Waals surface area contributed by atoms with E-state index in [1.807, 2.05) is 0 Å². The van der Waals surface area contributed by atoms with Crippen LogP contribution in [-0.4, -0.2) is 12.3 Å². The Morgan fingerprint density at radius 1 is 1.35 bits per heavy atom. The second kappa shape index (κ2) is 4.18. The van der Waals surface area contributed by atoms with E-state index in [4.69, 9.17) is 9.47 Å². The summed E-state index contributed by atoms with van der Waals surface area (Å²) in [7, 11) is 0. The zero-order valence-corrected chi connectivity index (χ0v) is 11.5. The van der Waals surface area contributed by atoms with E-state index in [9.17, 15) is 0 Å². The summed E-state index contributed by atoms with van der Waals surface area (Å²) in [5.41, 5.74) is 1.57. The van der Waals surface area contributed by atoms with Gasteiger partial charge in [0.25, 0.3) is 0 Å². The average Bonchev–Trinajstić information content (AvgIpc) is 2.72. The summed E-state index contributed by atoms with van der Waals surface area (Å²) in [6.07, 6.45) is 3.89. The second-order valence-corrected chi connectivity index (χ2v) is 5.93. The minimum atomic E-state index is 0.322. The number of fused-ring (bicyclic) bond motifs is 1. The lowest BCUT2D eigenvalue weighted by Crippen LogP contribution is -2.47. The highest BCUT2D eigenvalue weighted by Crippen LogP contribution is 2.40. The number of hydrogen-bond donors (Lipinski definition) is 1. The third kappa shape index (κ3) is 2.16. The molecule has 0 bridgehead atoms. The number of rotatable bonds is 3. The summed E-state index contributed by atoms with van der Waals surface area (Å²) in [5, 5.41) is 3.61. The molecule has 0 amide bonds. The van der Waals surface area contributed by atoms with Crippen LogP contribution in [0.25, 0.3) is 0 Å². The molecule has 2 aliphatic rings. The third-order valence-corrected chi connectivity index (χ3v) is 4.25. The summed E-state index contributed by atoms with van der Waals surface area (Å²) in [5.74, 6) is 1.67. The van der Waals surface area contributed by atoms with Crippen LogP contribution in [0.4, 0.5) is 0 Å². The van der Waals surface area contributed by atoms with Crippen molar-refractivity contribution in [3.63, 3.8) is 0 Å². The Kier molecular flexibility index (Phi) is 2.79. The molecular formula is C13H16BrNO2. The molecule has 0 radical (unpaired) electrons. The molecule has 0 aromatic heterocycles. The first-order valence-electron chi connectivity index (χ1n) is 5.99. The number of benzene rings is 1. The highest BCUT2D eigenvalue weighted by atomic mass is 79.9. The fourth-order valence-electron chi connectivity index (χ4n) is 2.32. The summed E-state index contributed by atoms with van der Waals surface area (Å²) < 4.78 is 11.8. The molecule has 0 atom stereocenters. The molecule has 17 heavy (non-hydrogen) atoms.